The van der Waals surface area contributed by atoms with E-state index >= 15 is 0 Å². The minimum Gasteiger partial charge on any atom is -0.316 e. The minimum absolute atomic E-state index is 0.703. The molecule has 2 heteroatoms. The summed E-state index contributed by atoms with van der Waals surface area (Å²) in [4.78, 5) is 0. The summed E-state index contributed by atoms with van der Waals surface area (Å²) in [5.41, 5.74) is 0. The summed E-state index contributed by atoms with van der Waals surface area (Å²) in [5.74, 6) is 2.11. The molecule has 2 atom stereocenters. The highest BCUT2D eigenvalue weighted by Crippen LogP contribution is 2.23. The normalized spacial score (nSPS) is 15.9. The molecule has 0 aromatic heterocycles. The molecule has 0 fully saturated rings. The second-order valence-electron chi connectivity index (χ2n) is 4.36. The van der Waals surface area contributed by atoms with Gasteiger partial charge in [-0.3, -0.25) is 0 Å². The maximum Gasteiger partial charge on any atom is 0.0198 e. The Bertz CT molecular complexity index is 125. The van der Waals surface area contributed by atoms with Gasteiger partial charge in [0.05, 0.1) is 0 Å². The molecule has 2 unspecified atom stereocenters. The first-order valence-corrected chi connectivity index (χ1v) is 6.99. The molecule has 0 heterocycles. The molecule has 1 N–H and O–H groups in total. The monoisotopic (exact) mass is 217 g/mol. The maximum atomic E-state index is 3.46. The second-order valence-corrected chi connectivity index (χ2v) is 5.63. The van der Waals surface area contributed by atoms with E-state index in [1.807, 2.05) is 0 Å². The van der Waals surface area contributed by atoms with Crippen LogP contribution in [0.15, 0.2) is 0 Å². The Morgan fingerprint density at radius 1 is 1.21 bits per heavy atom. The van der Waals surface area contributed by atoms with E-state index in [0.717, 1.165) is 11.2 Å². The minimum atomic E-state index is 0.703. The third-order valence-corrected chi connectivity index (χ3v) is 4.41. The zero-order chi connectivity index (χ0) is 11.0. The maximum absolute atomic E-state index is 3.46. The summed E-state index contributed by atoms with van der Waals surface area (Å²) in [6.45, 7) is 9.17. The van der Waals surface area contributed by atoms with Gasteiger partial charge in [0.2, 0.25) is 0 Å². The highest BCUT2D eigenvalue weighted by Gasteiger charge is 2.17. The van der Waals surface area contributed by atoms with Crippen molar-refractivity contribution in [3.63, 3.8) is 0 Å². The summed E-state index contributed by atoms with van der Waals surface area (Å²) >= 11 is 2.14. The zero-order valence-corrected chi connectivity index (χ0v) is 11.3. The van der Waals surface area contributed by atoms with Crippen molar-refractivity contribution in [3.8, 4) is 0 Å². The van der Waals surface area contributed by atoms with Gasteiger partial charge in [0, 0.05) is 11.3 Å². The smallest absolute Gasteiger partial charge is 0.0198 e. The van der Waals surface area contributed by atoms with Crippen LogP contribution in [0.5, 0.6) is 0 Å². The number of thioether (sulfide) groups is 1. The zero-order valence-electron chi connectivity index (χ0n) is 10.5. The summed E-state index contributed by atoms with van der Waals surface area (Å²) in [5, 5.41) is 4.25. The molecule has 1 nitrogen and oxygen atoms in total. The molecule has 0 radical (unpaired) electrons. The third kappa shape index (κ3) is 5.92. The SMILES string of the molecule is CCCC(NC)C(CC)SCC(C)C. The van der Waals surface area contributed by atoms with Crippen LogP contribution in [0.3, 0.4) is 0 Å². The topological polar surface area (TPSA) is 12.0 Å². The lowest BCUT2D eigenvalue weighted by atomic mass is 10.1. The second kappa shape index (κ2) is 8.60. The average molecular weight is 217 g/mol. The fourth-order valence-corrected chi connectivity index (χ4v) is 3.03. The summed E-state index contributed by atoms with van der Waals surface area (Å²) in [7, 11) is 2.10. The van der Waals surface area contributed by atoms with Crippen LogP contribution in [-0.2, 0) is 0 Å². The summed E-state index contributed by atoms with van der Waals surface area (Å²) in [6.07, 6.45) is 3.87. The molecule has 0 aromatic carbocycles. The van der Waals surface area contributed by atoms with Crippen molar-refractivity contribution >= 4 is 11.8 Å². The molecule has 0 aliphatic carbocycles. The average Bonchev–Trinajstić information content (AvgIpc) is 2.16. The van der Waals surface area contributed by atoms with Gasteiger partial charge in [0.25, 0.3) is 0 Å². The number of rotatable bonds is 8. The van der Waals surface area contributed by atoms with Gasteiger partial charge in [-0.25, -0.2) is 0 Å². The van der Waals surface area contributed by atoms with Gasteiger partial charge in [0.15, 0.2) is 0 Å². The van der Waals surface area contributed by atoms with E-state index in [0.29, 0.717) is 6.04 Å². The van der Waals surface area contributed by atoms with Crippen LogP contribution in [0.1, 0.15) is 47.0 Å². The van der Waals surface area contributed by atoms with Gasteiger partial charge in [-0.15, -0.1) is 0 Å². The van der Waals surface area contributed by atoms with Crippen molar-refractivity contribution in [1.29, 1.82) is 0 Å². The van der Waals surface area contributed by atoms with Crippen molar-refractivity contribution in [3.05, 3.63) is 0 Å². The lowest BCUT2D eigenvalue weighted by Crippen LogP contribution is -2.35. The first kappa shape index (κ1) is 14.3. The van der Waals surface area contributed by atoms with Crippen molar-refractivity contribution in [2.75, 3.05) is 12.8 Å². The standard InChI is InChI=1S/C12H27NS/c1-6-8-11(13-5)12(7-2)14-9-10(3)4/h10-13H,6-9H2,1-5H3. The van der Waals surface area contributed by atoms with Crippen LogP contribution in [0.25, 0.3) is 0 Å². The number of hydrogen-bond acceptors (Lipinski definition) is 2. The molecule has 0 aliphatic rings. The van der Waals surface area contributed by atoms with Crippen LogP contribution in [-0.4, -0.2) is 24.1 Å². The highest BCUT2D eigenvalue weighted by atomic mass is 32.2. The van der Waals surface area contributed by atoms with E-state index in [2.05, 4.69) is 51.8 Å². The van der Waals surface area contributed by atoms with Gasteiger partial charge < -0.3 is 5.32 Å². The van der Waals surface area contributed by atoms with Crippen LogP contribution in [0.4, 0.5) is 0 Å². The predicted octanol–water partition coefficient (Wildman–Crippen LogP) is 3.54. The molecular weight excluding hydrogens is 190 g/mol. The van der Waals surface area contributed by atoms with E-state index < -0.39 is 0 Å². The van der Waals surface area contributed by atoms with E-state index in [1.54, 1.807) is 0 Å². The fraction of sp³-hybridized carbons (Fsp3) is 1.00. The Kier molecular flexibility index (Phi) is 8.80. The molecule has 0 saturated carbocycles. The Morgan fingerprint density at radius 2 is 1.86 bits per heavy atom. The van der Waals surface area contributed by atoms with Crippen molar-refractivity contribution in [2.24, 2.45) is 5.92 Å². The first-order chi connectivity index (χ1) is 6.65. The molecule has 0 aliphatic heterocycles. The summed E-state index contributed by atoms with van der Waals surface area (Å²) in [6, 6.07) is 0.703. The molecule has 0 saturated heterocycles. The lowest BCUT2D eigenvalue weighted by Gasteiger charge is -2.25. The molecule has 0 aromatic rings. The van der Waals surface area contributed by atoms with Crippen molar-refractivity contribution in [2.45, 2.75) is 58.2 Å². The van der Waals surface area contributed by atoms with Crippen LogP contribution in [0.2, 0.25) is 0 Å². The van der Waals surface area contributed by atoms with Gasteiger partial charge in [-0.05, 0) is 31.6 Å². The third-order valence-electron chi connectivity index (χ3n) is 2.47. The Balaban J connectivity index is 3.94. The van der Waals surface area contributed by atoms with Crippen LogP contribution < -0.4 is 5.32 Å². The predicted molar refractivity (Wildman–Crippen MR) is 69.1 cm³/mol. The Labute approximate surface area is 94.4 Å². The van der Waals surface area contributed by atoms with Gasteiger partial charge in [-0.2, -0.15) is 11.8 Å². The van der Waals surface area contributed by atoms with E-state index in [-0.39, 0.29) is 0 Å². The Morgan fingerprint density at radius 3 is 2.21 bits per heavy atom. The largest absolute Gasteiger partial charge is 0.316 e. The highest BCUT2D eigenvalue weighted by molar-refractivity contribution is 7.99. The van der Waals surface area contributed by atoms with Crippen molar-refractivity contribution < 1.29 is 0 Å². The summed E-state index contributed by atoms with van der Waals surface area (Å²) < 4.78 is 0. The lowest BCUT2D eigenvalue weighted by molar-refractivity contribution is 0.489. The van der Waals surface area contributed by atoms with Gasteiger partial charge in [-0.1, -0.05) is 34.1 Å². The number of nitrogens with one attached hydrogen (secondary N) is 1. The van der Waals surface area contributed by atoms with E-state index in [4.69, 9.17) is 0 Å². The first-order valence-electron chi connectivity index (χ1n) is 5.94. The molecule has 0 rings (SSSR count). The molecule has 0 bridgehead atoms. The van der Waals surface area contributed by atoms with E-state index in [1.165, 1.54) is 25.0 Å². The fourth-order valence-electron chi connectivity index (χ4n) is 1.66. The Hall–Kier alpha value is 0.310. The quantitative estimate of drug-likeness (QED) is 0.667. The molecular formula is C12H27NS. The van der Waals surface area contributed by atoms with Gasteiger partial charge >= 0.3 is 0 Å². The van der Waals surface area contributed by atoms with Crippen LogP contribution in [0, 0.1) is 5.92 Å². The van der Waals surface area contributed by atoms with Gasteiger partial charge in [0.1, 0.15) is 0 Å². The molecule has 86 valence electrons. The van der Waals surface area contributed by atoms with Crippen LogP contribution >= 0.6 is 11.8 Å². The molecule has 0 spiro atoms. The van der Waals surface area contributed by atoms with E-state index in [9.17, 15) is 0 Å². The van der Waals surface area contributed by atoms with Crippen molar-refractivity contribution in [1.82, 2.24) is 5.32 Å². The molecule has 14 heavy (non-hydrogen) atoms. The molecule has 0 amide bonds. The number of hydrogen-bond donors (Lipinski definition) is 1.